The number of benzene rings is 1. The topological polar surface area (TPSA) is 75.2 Å². The molecule has 2 amide bonds. The quantitative estimate of drug-likeness (QED) is 0.687. The first-order chi connectivity index (χ1) is 15.0. The molecule has 1 saturated carbocycles. The summed E-state index contributed by atoms with van der Waals surface area (Å²) in [6.45, 7) is 3.25. The standard InChI is InChI=1S/C24H29ClN4O2/c1-16-21(24(31)28-20-9-7-19(25)8-10-20)14-26-23(27-16)18-12-13-29(15-18)22(30)11-6-17-4-2-3-5-17/h7-10,14,17-18H,2-6,11-13,15H2,1H3,(H,28,31)/t18-/m1/s1. The van der Waals surface area contributed by atoms with Crippen molar-refractivity contribution in [2.24, 2.45) is 5.92 Å². The van der Waals surface area contributed by atoms with Crippen LogP contribution in [0.2, 0.25) is 5.02 Å². The van der Waals surface area contributed by atoms with Crippen LogP contribution in [-0.2, 0) is 4.79 Å². The lowest BCUT2D eigenvalue weighted by Crippen LogP contribution is -2.28. The van der Waals surface area contributed by atoms with Crippen LogP contribution >= 0.6 is 11.6 Å². The number of rotatable bonds is 6. The predicted octanol–water partition coefficient (Wildman–Crippen LogP) is 4.98. The molecule has 2 heterocycles. The average molecular weight is 441 g/mol. The molecule has 0 unspecified atom stereocenters. The number of nitrogens with zero attached hydrogens (tertiary/aromatic N) is 3. The summed E-state index contributed by atoms with van der Waals surface area (Å²) in [6, 6.07) is 6.96. The normalized spacial score (nSPS) is 19.0. The van der Waals surface area contributed by atoms with E-state index >= 15 is 0 Å². The maximum Gasteiger partial charge on any atom is 0.259 e. The Kier molecular flexibility index (Phi) is 6.86. The summed E-state index contributed by atoms with van der Waals surface area (Å²) in [5.74, 6) is 1.58. The molecule has 164 valence electrons. The van der Waals surface area contributed by atoms with Gasteiger partial charge in [0.15, 0.2) is 0 Å². The molecule has 1 saturated heterocycles. The zero-order valence-corrected chi connectivity index (χ0v) is 18.7. The predicted molar refractivity (Wildman–Crippen MR) is 121 cm³/mol. The number of anilines is 1. The van der Waals surface area contributed by atoms with Crippen molar-refractivity contribution in [2.45, 2.75) is 57.8 Å². The van der Waals surface area contributed by atoms with E-state index in [-0.39, 0.29) is 17.7 Å². The molecule has 1 aliphatic carbocycles. The first-order valence-electron chi connectivity index (χ1n) is 11.2. The monoisotopic (exact) mass is 440 g/mol. The number of likely N-dealkylation sites (tertiary alicyclic amines) is 1. The van der Waals surface area contributed by atoms with Gasteiger partial charge in [0, 0.05) is 42.3 Å². The Balaban J connectivity index is 1.33. The van der Waals surface area contributed by atoms with Crippen LogP contribution in [0.5, 0.6) is 0 Å². The lowest BCUT2D eigenvalue weighted by Gasteiger charge is -2.18. The van der Waals surface area contributed by atoms with Crippen molar-refractivity contribution >= 4 is 29.1 Å². The number of nitrogens with one attached hydrogen (secondary N) is 1. The molecule has 0 radical (unpaired) electrons. The summed E-state index contributed by atoms with van der Waals surface area (Å²) in [5, 5.41) is 3.46. The van der Waals surface area contributed by atoms with Gasteiger partial charge in [0.1, 0.15) is 5.82 Å². The number of aromatic nitrogens is 2. The molecule has 1 aromatic heterocycles. The Morgan fingerprint density at radius 2 is 1.90 bits per heavy atom. The van der Waals surface area contributed by atoms with E-state index in [2.05, 4.69) is 15.3 Å². The molecule has 31 heavy (non-hydrogen) atoms. The number of hydrogen-bond acceptors (Lipinski definition) is 4. The summed E-state index contributed by atoms with van der Waals surface area (Å²) in [6.07, 6.45) is 9.32. The minimum Gasteiger partial charge on any atom is -0.342 e. The fourth-order valence-corrected chi connectivity index (χ4v) is 4.74. The molecule has 7 heteroatoms. The van der Waals surface area contributed by atoms with Crippen LogP contribution in [0.25, 0.3) is 0 Å². The second-order valence-electron chi connectivity index (χ2n) is 8.70. The maximum absolute atomic E-state index is 12.6. The fraction of sp³-hybridized carbons (Fsp3) is 0.500. The average Bonchev–Trinajstić information content (AvgIpc) is 3.46. The molecule has 0 spiro atoms. The Labute approximate surface area is 188 Å². The van der Waals surface area contributed by atoms with Crippen molar-refractivity contribution < 1.29 is 9.59 Å². The molecule has 1 atom stereocenters. The third kappa shape index (κ3) is 5.42. The lowest BCUT2D eigenvalue weighted by atomic mass is 10.0. The minimum atomic E-state index is -0.249. The smallest absolute Gasteiger partial charge is 0.259 e. The van der Waals surface area contributed by atoms with Crippen LogP contribution in [0.15, 0.2) is 30.5 Å². The van der Waals surface area contributed by atoms with Gasteiger partial charge in [0.2, 0.25) is 5.91 Å². The maximum atomic E-state index is 12.6. The molecule has 1 N–H and O–H groups in total. The van der Waals surface area contributed by atoms with Gasteiger partial charge in [-0.1, -0.05) is 37.3 Å². The van der Waals surface area contributed by atoms with Crippen molar-refractivity contribution in [1.29, 1.82) is 0 Å². The van der Waals surface area contributed by atoms with E-state index in [4.69, 9.17) is 11.6 Å². The number of hydrogen-bond donors (Lipinski definition) is 1. The molecule has 2 aliphatic rings. The number of halogens is 1. The van der Waals surface area contributed by atoms with Crippen molar-refractivity contribution in [3.05, 3.63) is 52.6 Å². The molecule has 1 aliphatic heterocycles. The van der Waals surface area contributed by atoms with Gasteiger partial charge in [-0.15, -0.1) is 0 Å². The van der Waals surface area contributed by atoms with Gasteiger partial charge in [-0.25, -0.2) is 9.97 Å². The second-order valence-corrected chi connectivity index (χ2v) is 9.14. The van der Waals surface area contributed by atoms with Crippen LogP contribution in [0.3, 0.4) is 0 Å². The van der Waals surface area contributed by atoms with Gasteiger partial charge in [0.25, 0.3) is 5.91 Å². The van der Waals surface area contributed by atoms with E-state index in [1.54, 1.807) is 30.5 Å². The van der Waals surface area contributed by atoms with Crippen LogP contribution in [0.1, 0.15) is 72.7 Å². The van der Waals surface area contributed by atoms with Gasteiger partial charge >= 0.3 is 0 Å². The van der Waals surface area contributed by atoms with Crippen LogP contribution in [-0.4, -0.2) is 39.8 Å². The minimum absolute atomic E-state index is 0.127. The van der Waals surface area contributed by atoms with Crippen molar-refractivity contribution in [3.8, 4) is 0 Å². The van der Waals surface area contributed by atoms with Crippen molar-refractivity contribution in [2.75, 3.05) is 18.4 Å². The zero-order chi connectivity index (χ0) is 21.8. The third-order valence-electron chi connectivity index (χ3n) is 6.49. The van der Waals surface area contributed by atoms with Gasteiger partial charge in [0.05, 0.1) is 11.3 Å². The van der Waals surface area contributed by atoms with Gasteiger partial charge < -0.3 is 10.2 Å². The molecule has 6 nitrogen and oxygen atoms in total. The molecule has 1 aromatic carbocycles. The van der Waals surface area contributed by atoms with E-state index < -0.39 is 0 Å². The molecule has 4 rings (SSSR count). The van der Waals surface area contributed by atoms with E-state index in [0.717, 1.165) is 25.3 Å². The first-order valence-corrected chi connectivity index (χ1v) is 11.6. The molecular weight excluding hydrogens is 412 g/mol. The Morgan fingerprint density at radius 1 is 1.16 bits per heavy atom. The number of carbonyl (C=O) groups excluding carboxylic acids is 2. The first kappa shape index (κ1) is 21.8. The van der Waals surface area contributed by atoms with Gasteiger partial charge in [-0.2, -0.15) is 0 Å². The highest BCUT2D eigenvalue weighted by atomic mass is 35.5. The number of aryl methyl sites for hydroxylation is 1. The van der Waals surface area contributed by atoms with Gasteiger partial charge in [-0.05, 0) is 49.9 Å². The van der Waals surface area contributed by atoms with Crippen molar-refractivity contribution in [3.63, 3.8) is 0 Å². The van der Waals surface area contributed by atoms with Crippen LogP contribution < -0.4 is 5.32 Å². The van der Waals surface area contributed by atoms with Crippen LogP contribution in [0.4, 0.5) is 5.69 Å². The third-order valence-corrected chi connectivity index (χ3v) is 6.74. The fourth-order valence-electron chi connectivity index (χ4n) is 4.62. The summed E-state index contributed by atoms with van der Waals surface area (Å²) in [4.78, 5) is 36.2. The zero-order valence-electron chi connectivity index (χ0n) is 17.9. The summed E-state index contributed by atoms with van der Waals surface area (Å²) in [7, 11) is 0. The Morgan fingerprint density at radius 3 is 2.61 bits per heavy atom. The summed E-state index contributed by atoms with van der Waals surface area (Å²) >= 11 is 5.89. The molecule has 2 fully saturated rings. The second kappa shape index (κ2) is 9.77. The van der Waals surface area contributed by atoms with E-state index in [1.807, 2.05) is 11.8 Å². The highest BCUT2D eigenvalue weighted by Crippen LogP contribution is 2.30. The number of carbonyl (C=O) groups is 2. The number of amides is 2. The van der Waals surface area contributed by atoms with E-state index in [1.165, 1.54) is 25.7 Å². The van der Waals surface area contributed by atoms with Gasteiger partial charge in [-0.3, -0.25) is 9.59 Å². The Hall–Kier alpha value is -2.47. The van der Waals surface area contributed by atoms with Crippen molar-refractivity contribution in [1.82, 2.24) is 14.9 Å². The highest BCUT2D eigenvalue weighted by molar-refractivity contribution is 6.30. The molecule has 0 bridgehead atoms. The molecular formula is C24H29ClN4O2. The van der Waals surface area contributed by atoms with E-state index in [0.29, 0.717) is 40.8 Å². The summed E-state index contributed by atoms with van der Waals surface area (Å²) < 4.78 is 0. The SMILES string of the molecule is Cc1nc([C@@H]2CCN(C(=O)CCC3CCCC3)C2)ncc1C(=O)Nc1ccc(Cl)cc1. The Bertz CT molecular complexity index is 941. The van der Waals surface area contributed by atoms with Crippen LogP contribution in [0, 0.1) is 12.8 Å². The van der Waals surface area contributed by atoms with E-state index in [9.17, 15) is 9.59 Å². The largest absolute Gasteiger partial charge is 0.342 e. The summed E-state index contributed by atoms with van der Waals surface area (Å²) in [5.41, 5.74) is 1.75. The lowest BCUT2D eigenvalue weighted by molar-refractivity contribution is -0.130. The highest BCUT2D eigenvalue weighted by Gasteiger charge is 2.30. The molecule has 2 aromatic rings.